The third kappa shape index (κ3) is 4.51. The van der Waals surface area contributed by atoms with E-state index < -0.39 is 35.1 Å². The fraction of sp³-hybridized carbons (Fsp3) is 0.286. The smallest absolute Gasteiger partial charge is 0.411 e. The van der Waals surface area contributed by atoms with Crippen molar-refractivity contribution in [3.8, 4) is 11.1 Å². The van der Waals surface area contributed by atoms with Crippen molar-refractivity contribution in [2.75, 3.05) is 7.11 Å². The van der Waals surface area contributed by atoms with Crippen molar-refractivity contribution >= 4 is 12.1 Å². The van der Waals surface area contributed by atoms with E-state index in [0.29, 0.717) is 5.56 Å². The molecule has 1 aliphatic heterocycles. The van der Waals surface area contributed by atoms with Gasteiger partial charge in [0.15, 0.2) is 0 Å². The maximum absolute atomic E-state index is 14.7. The molecule has 6 nitrogen and oxygen atoms in total. The standard InChI is InChI=1S/C28H28FNO5/c1-27(2,3)35-26(32)30-17-18-10-8-9-13-21(18)22-15-14-20(29)16-23(22)24(30)28(33,25(31)34-4)19-11-6-5-7-12-19/h5-16,24,33H,17H2,1-4H3/t24?,28-/m1/s1. The molecule has 0 radical (unpaired) electrons. The summed E-state index contributed by atoms with van der Waals surface area (Å²) < 4.78 is 25.5. The highest BCUT2D eigenvalue weighted by Gasteiger charge is 2.54. The molecule has 1 unspecified atom stereocenters. The van der Waals surface area contributed by atoms with Gasteiger partial charge in [-0.25, -0.2) is 14.0 Å². The largest absolute Gasteiger partial charge is 0.467 e. The zero-order valence-corrected chi connectivity index (χ0v) is 20.1. The van der Waals surface area contributed by atoms with E-state index in [0.717, 1.165) is 18.2 Å². The summed E-state index contributed by atoms with van der Waals surface area (Å²) in [5.74, 6) is -1.55. The molecule has 0 saturated heterocycles. The second-order valence-electron chi connectivity index (χ2n) is 9.52. The van der Waals surface area contributed by atoms with Crippen molar-refractivity contribution in [3.63, 3.8) is 0 Å². The van der Waals surface area contributed by atoms with Gasteiger partial charge in [0.1, 0.15) is 17.5 Å². The van der Waals surface area contributed by atoms with Gasteiger partial charge < -0.3 is 14.6 Å². The Morgan fingerprint density at radius 2 is 1.63 bits per heavy atom. The van der Waals surface area contributed by atoms with E-state index in [-0.39, 0.29) is 17.7 Å². The van der Waals surface area contributed by atoms with Crippen molar-refractivity contribution in [2.45, 2.75) is 44.6 Å². The zero-order chi connectivity index (χ0) is 25.4. The molecule has 1 aliphatic rings. The van der Waals surface area contributed by atoms with Crippen LogP contribution < -0.4 is 0 Å². The van der Waals surface area contributed by atoms with Gasteiger partial charge in [0.05, 0.1) is 13.7 Å². The van der Waals surface area contributed by atoms with Crippen LogP contribution in [-0.4, -0.2) is 34.8 Å². The van der Waals surface area contributed by atoms with Crippen LogP contribution >= 0.6 is 0 Å². The highest BCUT2D eigenvalue weighted by atomic mass is 19.1. The molecule has 1 amide bonds. The molecular formula is C28H28FNO5. The summed E-state index contributed by atoms with van der Waals surface area (Å²) in [6.45, 7) is 5.19. The zero-order valence-electron chi connectivity index (χ0n) is 20.1. The van der Waals surface area contributed by atoms with E-state index in [1.165, 1.54) is 17.0 Å². The number of hydrogen-bond acceptors (Lipinski definition) is 5. The first-order valence-electron chi connectivity index (χ1n) is 11.3. The number of aliphatic hydroxyl groups is 1. The van der Waals surface area contributed by atoms with Gasteiger partial charge in [0, 0.05) is 0 Å². The number of hydrogen-bond donors (Lipinski definition) is 1. The molecule has 0 aliphatic carbocycles. The maximum Gasteiger partial charge on any atom is 0.411 e. The third-order valence-electron chi connectivity index (χ3n) is 6.00. The Bertz CT molecular complexity index is 1250. The Balaban J connectivity index is 2.06. The molecule has 0 bridgehead atoms. The molecule has 3 aromatic rings. The molecule has 0 fully saturated rings. The summed E-state index contributed by atoms with van der Waals surface area (Å²) in [7, 11) is 1.16. The second kappa shape index (κ2) is 9.15. The van der Waals surface area contributed by atoms with Gasteiger partial charge in [-0.05, 0) is 60.7 Å². The molecule has 0 spiro atoms. The van der Waals surface area contributed by atoms with Crippen LogP contribution in [0.15, 0.2) is 72.8 Å². The predicted molar refractivity (Wildman–Crippen MR) is 129 cm³/mol. The second-order valence-corrected chi connectivity index (χ2v) is 9.52. The molecule has 0 aromatic heterocycles. The van der Waals surface area contributed by atoms with Gasteiger partial charge in [-0.2, -0.15) is 0 Å². The molecule has 35 heavy (non-hydrogen) atoms. The van der Waals surface area contributed by atoms with E-state index in [1.807, 2.05) is 24.3 Å². The third-order valence-corrected chi connectivity index (χ3v) is 6.00. The van der Waals surface area contributed by atoms with E-state index >= 15 is 0 Å². The van der Waals surface area contributed by atoms with Crippen molar-refractivity contribution in [2.24, 2.45) is 0 Å². The van der Waals surface area contributed by atoms with Gasteiger partial charge >= 0.3 is 12.1 Å². The van der Waals surface area contributed by atoms with E-state index in [4.69, 9.17) is 9.47 Å². The summed E-state index contributed by atoms with van der Waals surface area (Å²) in [5, 5.41) is 12.2. The predicted octanol–water partition coefficient (Wildman–Crippen LogP) is 5.35. The Morgan fingerprint density at radius 1 is 0.971 bits per heavy atom. The number of carbonyl (C=O) groups excluding carboxylic acids is 2. The molecule has 3 aromatic carbocycles. The van der Waals surface area contributed by atoms with Gasteiger partial charge in [-0.1, -0.05) is 60.7 Å². The van der Waals surface area contributed by atoms with Crippen LogP contribution in [0.3, 0.4) is 0 Å². The van der Waals surface area contributed by atoms with E-state index in [9.17, 15) is 19.1 Å². The molecule has 7 heteroatoms. The average molecular weight is 478 g/mol. The summed E-state index contributed by atoms with van der Waals surface area (Å²) in [4.78, 5) is 28.2. The van der Waals surface area contributed by atoms with Crippen LogP contribution in [0.2, 0.25) is 0 Å². The summed E-state index contributed by atoms with van der Waals surface area (Å²) in [6, 6.07) is 18.4. The number of carbonyl (C=O) groups is 2. The van der Waals surface area contributed by atoms with Crippen LogP contribution in [0.5, 0.6) is 0 Å². The number of methoxy groups -OCH3 is 1. The first-order chi connectivity index (χ1) is 16.6. The Morgan fingerprint density at radius 3 is 2.29 bits per heavy atom. The van der Waals surface area contributed by atoms with Crippen LogP contribution in [0, 0.1) is 5.82 Å². The molecule has 2 atom stereocenters. The molecule has 4 rings (SSSR count). The summed E-state index contributed by atoms with van der Waals surface area (Å²) in [5.41, 5.74) is -0.639. The number of amides is 1. The summed E-state index contributed by atoms with van der Waals surface area (Å²) in [6.07, 6.45) is -0.757. The van der Waals surface area contributed by atoms with Gasteiger partial charge in [-0.15, -0.1) is 0 Å². The van der Waals surface area contributed by atoms with Crippen molar-refractivity contribution in [1.29, 1.82) is 0 Å². The lowest BCUT2D eigenvalue weighted by Crippen LogP contribution is -2.52. The average Bonchev–Trinajstić information content (AvgIpc) is 2.97. The maximum atomic E-state index is 14.7. The lowest BCUT2D eigenvalue weighted by Gasteiger charge is -2.41. The fourth-order valence-electron chi connectivity index (χ4n) is 4.55. The fourth-order valence-corrected chi connectivity index (χ4v) is 4.55. The number of rotatable bonds is 3. The normalized spacial score (nSPS) is 16.9. The summed E-state index contributed by atoms with van der Waals surface area (Å²) >= 11 is 0. The topological polar surface area (TPSA) is 76.1 Å². The SMILES string of the molecule is COC(=O)[C@@](O)(c1ccccc1)C1c2cc(F)ccc2-c2ccccc2CN1C(=O)OC(C)(C)C. The first kappa shape index (κ1) is 24.4. The molecular weight excluding hydrogens is 449 g/mol. The number of halogens is 1. The number of esters is 1. The van der Waals surface area contributed by atoms with Crippen molar-refractivity contribution in [1.82, 2.24) is 4.90 Å². The molecule has 182 valence electrons. The minimum Gasteiger partial charge on any atom is -0.467 e. The van der Waals surface area contributed by atoms with E-state index in [2.05, 4.69) is 0 Å². The highest BCUT2D eigenvalue weighted by Crippen LogP contribution is 2.48. The number of nitrogens with zero attached hydrogens (tertiary/aromatic N) is 1. The molecule has 1 heterocycles. The van der Waals surface area contributed by atoms with E-state index in [1.54, 1.807) is 57.2 Å². The molecule has 0 saturated carbocycles. The van der Waals surface area contributed by atoms with Gasteiger partial charge in [-0.3, -0.25) is 4.90 Å². The lowest BCUT2D eigenvalue weighted by molar-refractivity contribution is -0.173. The lowest BCUT2D eigenvalue weighted by atomic mass is 9.79. The van der Waals surface area contributed by atoms with Crippen LogP contribution in [-0.2, 0) is 26.4 Å². The monoisotopic (exact) mass is 477 g/mol. The minimum absolute atomic E-state index is 0.0121. The molecule has 1 N–H and O–H groups in total. The number of benzene rings is 3. The van der Waals surface area contributed by atoms with Crippen molar-refractivity contribution in [3.05, 3.63) is 95.3 Å². The van der Waals surface area contributed by atoms with Gasteiger partial charge in [0.25, 0.3) is 0 Å². The van der Waals surface area contributed by atoms with Crippen molar-refractivity contribution < 1.29 is 28.6 Å². The Labute approximate surface area is 203 Å². The van der Waals surface area contributed by atoms with Crippen LogP contribution in [0.25, 0.3) is 11.1 Å². The quantitative estimate of drug-likeness (QED) is 0.515. The van der Waals surface area contributed by atoms with Crippen LogP contribution in [0.1, 0.15) is 43.5 Å². The first-order valence-corrected chi connectivity index (χ1v) is 11.3. The number of fused-ring (bicyclic) bond motifs is 3. The van der Waals surface area contributed by atoms with Gasteiger partial charge in [0.2, 0.25) is 5.60 Å². The highest BCUT2D eigenvalue weighted by molar-refractivity contribution is 5.86. The minimum atomic E-state index is -2.36. The Hall–Kier alpha value is -3.71. The van der Waals surface area contributed by atoms with Crippen LogP contribution in [0.4, 0.5) is 9.18 Å². The Kier molecular flexibility index (Phi) is 6.38. The number of ether oxygens (including phenoxy) is 2.